The normalized spacial score (nSPS) is 25.0. The van der Waals surface area contributed by atoms with E-state index in [1.807, 2.05) is 6.92 Å². The van der Waals surface area contributed by atoms with E-state index in [1.54, 1.807) is 12.1 Å². The summed E-state index contributed by atoms with van der Waals surface area (Å²) >= 11 is 0. The van der Waals surface area contributed by atoms with E-state index in [-0.39, 0.29) is 34.3 Å². The highest BCUT2D eigenvalue weighted by Gasteiger charge is 2.34. The molecule has 2 aliphatic heterocycles. The number of piperidine rings is 1. The summed E-state index contributed by atoms with van der Waals surface area (Å²) in [5.41, 5.74) is 0. The molecule has 3 rings (SSSR count). The lowest BCUT2D eigenvalue weighted by atomic mass is 10.0. The topological polar surface area (TPSA) is 95.6 Å². The summed E-state index contributed by atoms with van der Waals surface area (Å²) in [6, 6.07) is 5.62. The Kier molecular flexibility index (Phi) is 7.09. The van der Waals surface area contributed by atoms with E-state index in [0.717, 1.165) is 32.2 Å². The van der Waals surface area contributed by atoms with Crippen LogP contribution in [0.5, 0.6) is 0 Å². The summed E-state index contributed by atoms with van der Waals surface area (Å²) in [6.07, 6.45) is 3.22. The van der Waals surface area contributed by atoms with Gasteiger partial charge in [0.25, 0.3) is 0 Å². The summed E-state index contributed by atoms with van der Waals surface area (Å²) in [5.74, 6) is 0. The van der Waals surface area contributed by atoms with Gasteiger partial charge in [0.05, 0.1) is 0 Å². The van der Waals surface area contributed by atoms with Crippen LogP contribution in [0.2, 0.25) is 0 Å². The highest BCUT2D eigenvalue weighted by atomic mass is 35.5. The summed E-state index contributed by atoms with van der Waals surface area (Å²) in [6.45, 7) is 3.67. The molecule has 2 unspecified atom stereocenters. The van der Waals surface area contributed by atoms with E-state index in [1.165, 1.54) is 16.4 Å². The minimum absolute atomic E-state index is 0. The van der Waals surface area contributed by atoms with Crippen molar-refractivity contribution in [3.8, 4) is 0 Å². The van der Waals surface area contributed by atoms with Crippen LogP contribution in [0, 0.1) is 0 Å². The Morgan fingerprint density at radius 3 is 2.27 bits per heavy atom. The fourth-order valence-electron chi connectivity index (χ4n) is 3.42. The predicted molar refractivity (Wildman–Crippen MR) is 102 cm³/mol. The lowest BCUT2D eigenvalue weighted by Gasteiger charge is -2.30. The zero-order valence-electron chi connectivity index (χ0n) is 14.7. The Bertz CT molecular complexity index is 824. The van der Waals surface area contributed by atoms with Crippen molar-refractivity contribution in [2.75, 3.05) is 19.6 Å². The molecule has 2 saturated heterocycles. The molecule has 0 bridgehead atoms. The molecular weight excluding hydrogens is 398 g/mol. The quantitative estimate of drug-likeness (QED) is 0.744. The third-order valence-corrected chi connectivity index (χ3v) is 8.52. The average molecular weight is 424 g/mol. The van der Waals surface area contributed by atoms with Gasteiger partial charge >= 0.3 is 0 Å². The minimum atomic E-state index is -3.93. The lowest BCUT2D eigenvalue weighted by molar-refractivity contribution is 0.348. The van der Waals surface area contributed by atoms with Crippen LogP contribution in [0.15, 0.2) is 34.1 Å². The van der Waals surface area contributed by atoms with Crippen molar-refractivity contribution in [2.24, 2.45) is 0 Å². The second-order valence-electron chi connectivity index (χ2n) is 6.67. The van der Waals surface area contributed by atoms with E-state index in [4.69, 9.17) is 0 Å². The van der Waals surface area contributed by atoms with Crippen LogP contribution in [0.1, 0.15) is 32.6 Å². The maximum atomic E-state index is 12.9. The van der Waals surface area contributed by atoms with Crippen LogP contribution in [0.3, 0.4) is 0 Å². The van der Waals surface area contributed by atoms with E-state index < -0.39 is 20.0 Å². The molecule has 0 saturated carbocycles. The Hall–Kier alpha value is -0.710. The highest BCUT2D eigenvalue weighted by Crippen LogP contribution is 2.27. The van der Waals surface area contributed by atoms with Crippen molar-refractivity contribution in [3.05, 3.63) is 24.3 Å². The lowest BCUT2D eigenvalue weighted by Crippen LogP contribution is -2.51. The minimum Gasteiger partial charge on any atom is -0.313 e. The molecule has 0 spiro atoms. The first-order valence-corrected chi connectivity index (χ1v) is 11.6. The molecule has 2 aliphatic rings. The zero-order chi connectivity index (χ0) is 18.1. The molecular formula is C16H26ClN3O4S2. The molecule has 1 aromatic rings. The van der Waals surface area contributed by atoms with E-state index in [0.29, 0.717) is 13.1 Å². The maximum Gasteiger partial charge on any atom is 0.244 e. The fourth-order valence-corrected chi connectivity index (χ4v) is 7.09. The van der Waals surface area contributed by atoms with Gasteiger partial charge in [-0.15, -0.1) is 12.4 Å². The first kappa shape index (κ1) is 21.6. The molecule has 0 amide bonds. The van der Waals surface area contributed by atoms with Crippen molar-refractivity contribution in [2.45, 2.75) is 54.5 Å². The second kappa shape index (κ2) is 8.53. The van der Waals surface area contributed by atoms with E-state index >= 15 is 0 Å². The Morgan fingerprint density at radius 2 is 1.65 bits per heavy atom. The number of hydrogen-bond donors (Lipinski definition) is 2. The number of benzene rings is 1. The molecule has 0 radical (unpaired) electrons. The van der Waals surface area contributed by atoms with Crippen LogP contribution < -0.4 is 10.0 Å². The largest absolute Gasteiger partial charge is 0.313 e. The molecule has 2 heterocycles. The standard InChI is InChI=1S/C16H25N3O4S2.ClH/c1-13-14(7-6-10-17-13)18-24(20,21)15-8-2-3-9-16(15)25(22,23)19-11-4-5-12-19;/h2-3,8-9,13-14,17-18H,4-7,10-12H2,1H3;1H. The van der Waals surface area contributed by atoms with Crippen molar-refractivity contribution in [3.63, 3.8) is 0 Å². The zero-order valence-corrected chi connectivity index (χ0v) is 17.2. The van der Waals surface area contributed by atoms with Gasteiger partial charge in [0.2, 0.25) is 20.0 Å². The number of rotatable bonds is 5. The number of sulfonamides is 2. The SMILES string of the molecule is CC1NCCCC1NS(=O)(=O)c1ccccc1S(=O)(=O)N1CCCC1.Cl. The predicted octanol–water partition coefficient (Wildman–Crippen LogP) is 1.31. The summed E-state index contributed by atoms with van der Waals surface area (Å²) in [7, 11) is -7.74. The summed E-state index contributed by atoms with van der Waals surface area (Å²) < 4.78 is 55.6. The van der Waals surface area contributed by atoms with E-state index in [2.05, 4.69) is 10.0 Å². The highest BCUT2D eigenvalue weighted by molar-refractivity contribution is 7.92. The molecule has 1 aromatic carbocycles. The number of halogens is 1. The monoisotopic (exact) mass is 423 g/mol. The van der Waals surface area contributed by atoms with Gasteiger partial charge < -0.3 is 5.32 Å². The third kappa shape index (κ3) is 4.40. The first-order chi connectivity index (χ1) is 11.8. The van der Waals surface area contributed by atoms with Gasteiger partial charge in [-0.25, -0.2) is 21.6 Å². The molecule has 0 aromatic heterocycles. The van der Waals surface area contributed by atoms with E-state index in [9.17, 15) is 16.8 Å². The van der Waals surface area contributed by atoms with Crippen molar-refractivity contribution in [1.29, 1.82) is 0 Å². The fraction of sp³-hybridized carbons (Fsp3) is 0.625. The Labute approximate surface area is 162 Å². The number of hydrogen-bond acceptors (Lipinski definition) is 5. The molecule has 148 valence electrons. The molecule has 2 fully saturated rings. The van der Waals surface area contributed by atoms with Gasteiger partial charge in [-0.1, -0.05) is 12.1 Å². The van der Waals surface area contributed by atoms with Crippen LogP contribution in [-0.4, -0.2) is 52.9 Å². The molecule has 10 heteroatoms. The second-order valence-corrected chi connectivity index (χ2v) is 10.3. The van der Waals surface area contributed by atoms with Gasteiger partial charge in [0.15, 0.2) is 0 Å². The summed E-state index contributed by atoms with van der Waals surface area (Å²) in [4.78, 5) is -0.305. The van der Waals surface area contributed by atoms with Crippen LogP contribution >= 0.6 is 12.4 Å². The molecule has 26 heavy (non-hydrogen) atoms. The summed E-state index contributed by atoms with van der Waals surface area (Å²) in [5, 5.41) is 3.24. The smallest absolute Gasteiger partial charge is 0.244 e. The molecule has 2 N–H and O–H groups in total. The van der Waals surface area contributed by atoms with Crippen molar-refractivity contribution >= 4 is 32.5 Å². The Morgan fingerprint density at radius 1 is 1.04 bits per heavy atom. The molecule has 2 atom stereocenters. The first-order valence-electron chi connectivity index (χ1n) is 8.67. The number of nitrogens with zero attached hydrogens (tertiary/aromatic N) is 1. The van der Waals surface area contributed by atoms with Gasteiger partial charge in [0, 0.05) is 25.2 Å². The molecule has 7 nitrogen and oxygen atoms in total. The third-order valence-electron chi connectivity index (χ3n) is 4.89. The number of nitrogens with one attached hydrogen (secondary N) is 2. The van der Waals surface area contributed by atoms with Gasteiger partial charge in [-0.2, -0.15) is 4.31 Å². The maximum absolute atomic E-state index is 12.9. The van der Waals surface area contributed by atoms with Gasteiger partial charge in [0.1, 0.15) is 9.79 Å². The van der Waals surface area contributed by atoms with Crippen molar-refractivity contribution in [1.82, 2.24) is 14.3 Å². The van der Waals surface area contributed by atoms with Crippen LogP contribution in [-0.2, 0) is 20.0 Å². The van der Waals surface area contributed by atoms with Gasteiger partial charge in [-0.05, 0) is 51.3 Å². The average Bonchev–Trinajstić information content (AvgIpc) is 3.12. The molecule has 0 aliphatic carbocycles. The van der Waals surface area contributed by atoms with Crippen LogP contribution in [0.4, 0.5) is 0 Å². The van der Waals surface area contributed by atoms with Crippen molar-refractivity contribution < 1.29 is 16.8 Å². The van der Waals surface area contributed by atoms with Gasteiger partial charge in [-0.3, -0.25) is 0 Å². The van der Waals surface area contributed by atoms with Crippen LogP contribution in [0.25, 0.3) is 0 Å². The Balaban J connectivity index is 0.00000243.